The highest BCUT2D eigenvalue weighted by Crippen LogP contribution is 2.29. The molecule has 4 nitrogen and oxygen atoms in total. The Morgan fingerprint density at radius 3 is 2.54 bits per heavy atom. The summed E-state index contributed by atoms with van der Waals surface area (Å²) in [5.74, 6) is 0.456. The van der Waals surface area contributed by atoms with Crippen molar-refractivity contribution in [1.29, 1.82) is 0 Å². The number of aryl methyl sites for hydroxylation is 2. The summed E-state index contributed by atoms with van der Waals surface area (Å²) in [7, 11) is 1.62. The second-order valence-electron chi connectivity index (χ2n) is 7.14. The lowest BCUT2D eigenvalue weighted by atomic mass is 9.95. The summed E-state index contributed by atoms with van der Waals surface area (Å²) >= 11 is 0. The number of nitrogens with zero attached hydrogens (tertiary/aromatic N) is 2. The molecule has 0 aliphatic rings. The fourth-order valence-electron chi connectivity index (χ4n) is 3.43. The zero-order chi connectivity index (χ0) is 20.3. The van der Waals surface area contributed by atoms with Crippen LogP contribution in [0.4, 0.5) is 4.39 Å². The Labute approximate surface area is 164 Å². The predicted molar refractivity (Wildman–Crippen MR) is 109 cm³/mol. The van der Waals surface area contributed by atoms with E-state index in [2.05, 4.69) is 5.10 Å². The third-order valence-corrected chi connectivity index (χ3v) is 4.79. The third kappa shape index (κ3) is 4.14. The van der Waals surface area contributed by atoms with Crippen LogP contribution < -0.4 is 10.3 Å². The molecule has 0 radical (unpaired) electrons. The van der Waals surface area contributed by atoms with E-state index in [9.17, 15) is 9.18 Å². The van der Waals surface area contributed by atoms with E-state index in [0.717, 1.165) is 28.1 Å². The molecule has 1 aromatic heterocycles. The van der Waals surface area contributed by atoms with Crippen LogP contribution in [0.15, 0.2) is 53.3 Å². The van der Waals surface area contributed by atoms with Crippen LogP contribution in [-0.4, -0.2) is 16.9 Å². The number of rotatable bonds is 6. The highest BCUT2D eigenvalue weighted by molar-refractivity contribution is 5.70. The average Bonchev–Trinajstić information content (AvgIpc) is 2.68. The highest BCUT2D eigenvalue weighted by Gasteiger charge is 2.18. The number of benzene rings is 2. The van der Waals surface area contributed by atoms with Gasteiger partial charge in [0.25, 0.3) is 5.56 Å². The van der Waals surface area contributed by atoms with E-state index in [4.69, 9.17) is 4.74 Å². The van der Waals surface area contributed by atoms with E-state index in [0.29, 0.717) is 18.4 Å². The van der Waals surface area contributed by atoms with Gasteiger partial charge in [-0.3, -0.25) is 4.79 Å². The molecule has 2 aromatic carbocycles. The Hall–Kier alpha value is -2.95. The van der Waals surface area contributed by atoms with E-state index in [1.807, 2.05) is 51.1 Å². The molecule has 3 aromatic rings. The van der Waals surface area contributed by atoms with Crippen molar-refractivity contribution in [2.75, 3.05) is 7.11 Å². The maximum Gasteiger partial charge on any atom is 0.270 e. The van der Waals surface area contributed by atoms with Crippen LogP contribution in [0, 0.1) is 12.7 Å². The normalized spacial score (nSPS) is 11.1. The third-order valence-electron chi connectivity index (χ3n) is 4.79. The standard InChI is InChI=1S/C23H25FN2O2/c1-15(2)26-23(27)21(12-11-17-7-5-9-19(24)13-17)22(16(3)25-26)18-8-6-10-20(14-18)28-4/h5-10,13-15H,11-12H2,1-4H3. The summed E-state index contributed by atoms with van der Waals surface area (Å²) in [5, 5.41) is 4.54. The number of aromatic nitrogens is 2. The van der Waals surface area contributed by atoms with Crippen molar-refractivity contribution >= 4 is 0 Å². The van der Waals surface area contributed by atoms with Crippen molar-refractivity contribution in [3.05, 3.63) is 81.5 Å². The summed E-state index contributed by atoms with van der Waals surface area (Å²) in [6, 6.07) is 14.1. The zero-order valence-corrected chi connectivity index (χ0v) is 16.7. The molecule has 0 bridgehead atoms. The molecular weight excluding hydrogens is 355 g/mol. The molecule has 146 valence electrons. The van der Waals surface area contributed by atoms with Crippen LogP contribution in [-0.2, 0) is 12.8 Å². The quantitative estimate of drug-likeness (QED) is 0.621. The fourth-order valence-corrected chi connectivity index (χ4v) is 3.43. The molecule has 28 heavy (non-hydrogen) atoms. The minimum Gasteiger partial charge on any atom is -0.497 e. The van der Waals surface area contributed by atoms with Crippen LogP contribution >= 0.6 is 0 Å². The van der Waals surface area contributed by atoms with Gasteiger partial charge in [0.15, 0.2) is 0 Å². The van der Waals surface area contributed by atoms with Gasteiger partial charge >= 0.3 is 0 Å². The van der Waals surface area contributed by atoms with E-state index in [1.54, 1.807) is 13.2 Å². The van der Waals surface area contributed by atoms with Gasteiger partial charge in [-0.05, 0) is 69.0 Å². The first-order chi connectivity index (χ1) is 13.4. The van der Waals surface area contributed by atoms with Gasteiger partial charge in [0.2, 0.25) is 0 Å². The lowest BCUT2D eigenvalue weighted by molar-refractivity contribution is 0.415. The van der Waals surface area contributed by atoms with Gasteiger partial charge in [0.1, 0.15) is 11.6 Å². The molecule has 0 aliphatic heterocycles. The van der Waals surface area contributed by atoms with Gasteiger partial charge in [-0.2, -0.15) is 5.10 Å². The van der Waals surface area contributed by atoms with Crippen molar-refractivity contribution in [3.8, 4) is 16.9 Å². The zero-order valence-electron chi connectivity index (χ0n) is 16.7. The summed E-state index contributed by atoms with van der Waals surface area (Å²) < 4.78 is 20.4. The first-order valence-electron chi connectivity index (χ1n) is 9.42. The molecule has 0 amide bonds. The lowest BCUT2D eigenvalue weighted by Crippen LogP contribution is -2.30. The second-order valence-corrected chi connectivity index (χ2v) is 7.14. The highest BCUT2D eigenvalue weighted by atomic mass is 19.1. The van der Waals surface area contributed by atoms with Crippen LogP contribution in [0.2, 0.25) is 0 Å². The van der Waals surface area contributed by atoms with E-state index in [1.165, 1.54) is 16.8 Å². The molecule has 0 saturated heterocycles. The smallest absolute Gasteiger partial charge is 0.270 e. The predicted octanol–water partition coefficient (Wildman–Crippen LogP) is 4.73. The van der Waals surface area contributed by atoms with Gasteiger partial charge in [0.05, 0.1) is 18.8 Å². The van der Waals surface area contributed by atoms with Gasteiger partial charge < -0.3 is 4.74 Å². The maximum atomic E-state index is 13.5. The molecule has 0 atom stereocenters. The SMILES string of the molecule is COc1cccc(-c2c(C)nn(C(C)C)c(=O)c2CCc2cccc(F)c2)c1. The van der Waals surface area contributed by atoms with Crippen molar-refractivity contribution in [1.82, 2.24) is 9.78 Å². The summed E-state index contributed by atoms with van der Waals surface area (Å²) in [4.78, 5) is 13.2. The molecule has 0 spiro atoms. The van der Waals surface area contributed by atoms with Crippen LogP contribution in [0.3, 0.4) is 0 Å². The molecule has 0 aliphatic carbocycles. The number of hydrogen-bond acceptors (Lipinski definition) is 3. The van der Waals surface area contributed by atoms with Crippen LogP contribution in [0.5, 0.6) is 5.75 Å². The Morgan fingerprint density at radius 2 is 1.86 bits per heavy atom. The Balaban J connectivity index is 2.12. The molecular formula is C23H25FN2O2. The topological polar surface area (TPSA) is 44.1 Å². The molecule has 0 saturated carbocycles. The van der Waals surface area contributed by atoms with Crippen molar-refractivity contribution < 1.29 is 9.13 Å². The molecule has 1 heterocycles. The number of hydrogen-bond donors (Lipinski definition) is 0. The molecule has 3 rings (SSSR count). The molecule has 0 fully saturated rings. The van der Waals surface area contributed by atoms with E-state index in [-0.39, 0.29) is 17.4 Å². The van der Waals surface area contributed by atoms with Crippen LogP contribution in [0.1, 0.15) is 36.7 Å². The molecule has 5 heteroatoms. The summed E-state index contributed by atoms with van der Waals surface area (Å²) in [5.41, 5.74) is 3.97. The fraction of sp³-hybridized carbons (Fsp3) is 0.304. The first kappa shape index (κ1) is 19.8. The van der Waals surface area contributed by atoms with Gasteiger partial charge in [-0.25, -0.2) is 9.07 Å². The Bertz CT molecular complexity index is 1040. The first-order valence-corrected chi connectivity index (χ1v) is 9.42. The van der Waals surface area contributed by atoms with Crippen molar-refractivity contribution in [2.45, 2.75) is 39.7 Å². The molecule has 0 N–H and O–H groups in total. The maximum absolute atomic E-state index is 13.5. The second kappa shape index (κ2) is 8.38. The van der Waals surface area contributed by atoms with Crippen molar-refractivity contribution in [2.24, 2.45) is 0 Å². The minimum absolute atomic E-state index is 0.0431. The van der Waals surface area contributed by atoms with Gasteiger partial charge in [-0.15, -0.1) is 0 Å². The van der Waals surface area contributed by atoms with Gasteiger partial charge in [-0.1, -0.05) is 24.3 Å². The van der Waals surface area contributed by atoms with E-state index < -0.39 is 0 Å². The minimum atomic E-state index is -0.268. The van der Waals surface area contributed by atoms with Gasteiger partial charge in [0, 0.05) is 11.1 Å². The largest absolute Gasteiger partial charge is 0.497 e. The Morgan fingerprint density at radius 1 is 1.11 bits per heavy atom. The average molecular weight is 380 g/mol. The lowest BCUT2D eigenvalue weighted by Gasteiger charge is -2.17. The van der Waals surface area contributed by atoms with E-state index >= 15 is 0 Å². The number of halogens is 1. The summed E-state index contributed by atoms with van der Waals surface area (Å²) in [6.45, 7) is 5.80. The number of methoxy groups -OCH3 is 1. The molecule has 0 unspecified atom stereocenters. The van der Waals surface area contributed by atoms with Crippen molar-refractivity contribution in [3.63, 3.8) is 0 Å². The monoisotopic (exact) mass is 380 g/mol. The van der Waals surface area contributed by atoms with Crippen LogP contribution in [0.25, 0.3) is 11.1 Å². The Kier molecular flexibility index (Phi) is 5.93. The summed E-state index contributed by atoms with van der Waals surface area (Å²) in [6.07, 6.45) is 1.08. The number of ether oxygens (including phenoxy) is 1.